The molecule has 0 saturated heterocycles. The standard InChI is InChI=1S/C11H20N2O2.C10H21NO3/c1-5-6-9(7-8-12)13-10(14)15-11(2,3)4;1-5-6-8(7-12)11-9(13)14-10(2,3)4/h9H,5-7H2,1-4H3,(H,13,14);8,12H,5-7H2,1-4H3,(H,11,13)/t9-;8-/m00/s1. The van der Waals surface area contributed by atoms with Gasteiger partial charge in [0.2, 0.25) is 0 Å². The maximum Gasteiger partial charge on any atom is 0.407 e. The van der Waals surface area contributed by atoms with Gasteiger partial charge in [0.1, 0.15) is 11.2 Å². The number of rotatable bonds is 8. The van der Waals surface area contributed by atoms with Crippen LogP contribution >= 0.6 is 0 Å². The number of nitrogens with one attached hydrogen (secondary N) is 2. The van der Waals surface area contributed by atoms with Crippen molar-refractivity contribution >= 4 is 12.2 Å². The monoisotopic (exact) mass is 415 g/mol. The van der Waals surface area contributed by atoms with Crippen molar-refractivity contribution in [2.45, 2.75) is 111 Å². The first-order chi connectivity index (χ1) is 13.3. The van der Waals surface area contributed by atoms with E-state index in [1.165, 1.54) is 0 Å². The van der Waals surface area contributed by atoms with Crippen LogP contribution in [0, 0.1) is 11.3 Å². The zero-order valence-corrected chi connectivity index (χ0v) is 19.4. The molecule has 0 saturated carbocycles. The predicted molar refractivity (Wildman–Crippen MR) is 113 cm³/mol. The minimum Gasteiger partial charge on any atom is -0.444 e. The second kappa shape index (κ2) is 14.9. The molecule has 0 fully saturated rings. The van der Waals surface area contributed by atoms with Gasteiger partial charge in [-0.2, -0.15) is 5.26 Å². The molecule has 0 aromatic heterocycles. The van der Waals surface area contributed by atoms with Gasteiger partial charge in [-0.3, -0.25) is 0 Å². The Balaban J connectivity index is 0. The first-order valence-electron chi connectivity index (χ1n) is 10.2. The highest BCUT2D eigenvalue weighted by molar-refractivity contribution is 5.68. The Labute approximate surface area is 176 Å². The molecular formula is C21H41N3O5. The number of carbonyl (C=O) groups excluding carboxylic acids is 2. The molecule has 0 aromatic carbocycles. The molecule has 0 bridgehead atoms. The number of amides is 2. The summed E-state index contributed by atoms with van der Waals surface area (Å²) in [6.45, 7) is 14.8. The van der Waals surface area contributed by atoms with Gasteiger partial charge in [0.15, 0.2) is 0 Å². The lowest BCUT2D eigenvalue weighted by Crippen LogP contribution is -2.40. The number of aliphatic hydroxyl groups is 1. The van der Waals surface area contributed by atoms with Gasteiger partial charge in [-0.1, -0.05) is 26.7 Å². The Morgan fingerprint density at radius 1 is 0.897 bits per heavy atom. The lowest BCUT2D eigenvalue weighted by Gasteiger charge is -2.22. The molecule has 0 heterocycles. The van der Waals surface area contributed by atoms with E-state index in [-0.39, 0.29) is 18.7 Å². The Hall–Kier alpha value is -2.01. The number of ether oxygens (including phenoxy) is 2. The molecule has 0 aliphatic heterocycles. The highest BCUT2D eigenvalue weighted by Gasteiger charge is 2.19. The molecule has 0 aliphatic rings. The fourth-order valence-electron chi connectivity index (χ4n) is 2.19. The van der Waals surface area contributed by atoms with Crippen LogP contribution in [0.2, 0.25) is 0 Å². The third kappa shape index (κ3) is 20.5. The van der Waals surface area contributed by atoms with Crippen molar-refractivity contribution < 1.29 is 24.2 Å². The summed E-state index contributed by atoms with van der Waals surface area (Å²) in [6.07, 6.45) is 2.82. The van der Waals surface area contributed by atoms with Crippen molar-refractivity contribution in [2.24, 2.45) is 0 Å². The number of alkyl carbamates (subject to hydrolysis) is 2. The van der Waals surface area contributed by atoms with Crippen molar-refractivity contribution in [3.8, 4) is 6.07 Å². The summed E-state index contributed by atoms with van der Waals surface area (Å²) in [5.74, 6) is 0. The SMILES string of the molecule is CCC[C@@H](CC#N)NC(=O)OC(C)(C)C.CCC[C@@H](CO)NC(=O)OC(C)(C)C. The summed E-state index contributed by atoms with van der Waals surface area (Å²) < 4.78 is 10.2. The first-order valence-corrected chi connectivity index (χ1v) is 10.2. The summed E-state index contributed by atoms with van der Waals surface area (Å²) in [4.78, 5) is 22.6. The van der Waals surface area contributed by atoms with E-state index < -0.39 is 23.4 Å². The third-order valence-corrected chi connectivity index (χ3v) is 3.27. The Morgan fingerprint density at radius 2 is 1.28 bits per heavy atom. The van der Waals surface area contributed by atoms with Crippen LogP contribution in [-0.2, 0) is 9.47 Å². The number of aliphatic hydroxyl groups excluding tert-OH is 1. The predicted octanol–water partition coefficient (Wildman–Crippen LogP) is 4.27. The van der Waals surface area contributed by atoms with E-state index >= 15 is 0 Å². The van der Waals surface area contributed by atoms with Gasteiger partial charge in [0.05, 0.1) is 25.1 Å². The highest BCUT2D eigenvalue weighted by atomic mass is 16.6. The fraction of sp³-hybridized carbons (Fsp3) is 0.857. The van der Waals surface area contributed by atoms with Crippen LogP contribution < -0.4 is 10.6 Å². The molecule has 8 heteroatoms. The minimum atomic E-state index is -0.493. The maximum atomic E-state index is 11.4. The Bertz CT molecular complexity index is 504. The molecule has 3 N–H and O–H groups in total. The van der Waals surface area contributed by atoms with E-state index in [0.717, 1.165) is 25.7 Å². The summed E-state index contributed by atoms with van der Waals surface area (Å²) in [5, 5.41) is 22.8. The van der Waals surface area contributed by atoms with Gasteiger partial charge in [-0.25, -0.2) is 9.59 Å². The first kappa shape index (κ1) is 29.2. The molecule has 2 amide bonds. The lowest BCUT2D eigenvalue weighted by atomic mass is 10.1. The highest BCUT2D eigenvalue weighted by Crippen LogP contribution is 2.09. The van der Waals surface area contributed by atoms with Crippen molar-refractivity contribution in [1.82, 2.24) is 10.6 Å². The van der Waals surface area contributed by atoms with Crippen LogP contribution in [0.15, 0.2) is 0 Å². The van der Waals surface area contributed by atoms with Crippen molar-refractivity contribution in [2.75, 3.05) is 6.61 Å². The van der Waals surface area contributed by atoms with E-state index in [0.29, 0.717) is 6.42 Å². The number of carbonyl (C=O) groups is 2. The van der Waals surface area contributed by atoms with Crippen molar-refractivity contribution in [3.63, 3.8) is 0 Å². The normalized spacial score (nSPS) is 13.1. The van der Waals surface area contributed by atoms with Crippen molar-refractivity contribution in [3.05, 3.63) is 0 Å². The van der Waals surface area contributed by atoms with E-state index in [2.05, 4.69) is 16.7 Å². The summed E-state index contributed by atoms with van der Waals surface area (Å²) >= 11 is 0. The molecule has 0 aliphatic carbocycles. The molecule has 0 aromatic rings. The zero-order chi connectivity index (χ0) is 23.1. The van der Waals surface area contributed by atoms with Gasteiger partial charge in [0, 0.05) is 6.04 Å². The number of nitrogens with zero attached hydrogens (tertiary/aromatic N) is 1. The van der Waals surface area contributed by atoms with Gasteiger partial charge < -0.3 is 25.2 Å². The number of nitriles is 1. The van der Waals surface area contributed by atoms with Gasteiger partial charge in [-0.15, -0.1) is 0 Å². The number of hydrogen-bond acceptors (Lipinski definition) is 6. The fourth-order valence-corrected chi connectivity index (χ4v) is 2.19. The van der Waals surface area contributed by atoms with Crippen LogP contribution in [-0.4, -0.2) is 47.2 Å². The zero-order valence-electron chi connectivity index (χ0n) is 19.4. The molecule has 0 radical (unpaired) electrons. The molecule has 0 rings (SSSR count). The molecule has 0 unspecified atom stereocenters. The maximum absolute atomic E-state index is 11.4. The van der Waals surface area contributed by atoms with Crippen molar-refractivity contribution in [1.29, 1.82) is 5.26 Å². The number of hydrogen-bond donors (Lipinski definition) is 3. The molecule has 29 heavy (non-hydrogen) atoms. The molecule has 2 atom stereocenters. The van der Waals surface area contributed by atoms with Gasteiger partial charge in [-0.05, 0) is 54.4 Å². The van der Waals surface area contributed by atoms with Gasteiger partial charge in [0.25, 0.3) is 0 Å². The van der Waals surface area contributed by atoms with Crippen LogP contribution in [0.5, 0.6) is 0 Å². The summed E-state index contributed by atoms with van der Waals surface area (Å²) in [6, 6.07) is 1.75. The van der Waals surface area contributed by atoms with Crippen LogP contribution in [0.3, 0.4) is 0 Å². The quantitative estimate of drug-likeness (QED) is 0.544. The van der Waals surface area contributed by atoms with E-state index in [4.69, 9.17) is 19.8 Å². The van der Waals surface area contributed by atoms with Gasteiger partial charge >= 0.3 is 12.2 Å². The molecular weight excluding hydrogens is 374 g/mol. The average molecular weight is 416 g/mol. The lowest BCUT2D eigenvalue weighted by molar-refractivity contribution is 0.0474. The summed E-state index contributed by atoms with van der Waals surface area (Å²) in [5.41, 5.74) is -0.982. The average Bonchev–Trinajstić information content (AvgIpc) is 2.51. The van der Waals surface area contributed by atoms with Crippen LogP contribution in [0.4, 0.5) is 9.59 Å². The topological polar surface area (TPSA) is 121 Å². The third-order valence-electron chi connectivity index (χ3n) is 3.27. The second-order valence-corrected chi connectivity index (χ2v) is 8.81. The van der Waals surface area contributed by atoms with Crippen LogP contribution in [0.1, 0.15) is 87.5 Å². The molecule has 170 valence electrons. The van der Waals surface area contributed by atoms with E-state index in [1.54, 1.807) is 20.8 Å². The smallest absolute Gasteiger partial charge is 0.407 e. The molecule has 0 spiro atoms. The van der Waals surface area contributed by atoms with E-state index in [9.17, 15) is 9.59 Å². The minimum absolute atomic E-state index is 0.0485. The Kier molecular flexibility index (Phi) is 15.0. The molecule has 8 nitrogen and oxygen atoms in total. The second-order valence-electron chi connectivity index (χ2n) is 8.81. The largest absolute Gasteiger partial charge is 0.444 e. The summed E-state index contributed by atoms with van der Waals surface area (Å²) in [7, 11) is 0. The van der Waals surface area contributed by atoms with Crippen LogP contribution in [0.25, 0.3) is 0 Å². The Morgan fingerprint density at radius 3 is 1.59 bits per heavy atom. The van der Waals surface area contributed by atoms with E-state index in [1.807, 2.05) is 34.6 Å².